The summed E-state index contributed by atoms with van der Waals surface area (Å²) in [7, 11) is 2.93. The first-order chi connectivity index (χ1) is 7.07. The van der Waals surface area contributed by atoms with E-state index in [0.29, 0.717) is 11.3 Å². The lowest BCUT2D eigenvalue weighted by molar-refractivity contribution is -0.116. The third kappa shape index (κ3) is 2.34. The SMILES string of the molecule is COC(=O)c1ccccc1N(C)C(C)=O. The molecule has 0 atom stereocenters. The van der Waals surface area contributed by atoms with Crippen molar-refractivity contribution in [3.05, 3.63) is 29.8 Å². The van der Waals surface area contributed by atoms with Crippen molar-refractivity contribution in [2.45, 2.75) is 6.92 Å². The van der Waals surface area contributed by atoms with E-state index in [4.69, 9.17) is 0 Å². The van der Waals surface area contributed by atoms with Gasteiger partial charge >= 0.3 is 5.97 Å². The molecule has 0 aliphatic carbocycles. The van der Waals surface area contributed by atoms with E-state index in [-0.39, 0.29) is 5.91 Å². The Morgan fingerprint density at radius 3 is 2.40 bits per heavy atom. The lowest BCUT2D eigenvalue weighted by atomic mass is 10.1. The number of amides is 1. The fraction of sp³-hybridized carbons (Fsp3) is 0.273. The third-order valence-corrected chi connectivity index (χ3v) is 2.14. The Bertz CT molecular complexity index is 387. The highest BCUT2D eigenvalue weighted by Gasteiger charge is 2.15. The minimum atomic E-state index is -0.446. The van der Waals surface area contributed by atoms with E-state index >= 15 is 0 Å². The molecular weight excluding hydrogens is 194 g/mol. The van der Waals surface area contributed by atoms with E-state index in [9.17, 15) is 9.59 Å². The maximum atomic E-state index is 11.4. The van der Waals surface area contributed by atoms with Crippen molar-refractivity contribution in [2.24, 2.45) is 0 Å². The van der Waals surface area contributed by atoms with Gasteiger partial charge in [-0.25, -0.2) is 4.79 Å². The summed E-state index contributed by atoms with van der Waals surface area (Å²) in [6.07, 6.45) is 0. The molecule has 1 rings (SSSR count). The van der Waals surface area contributed by atoms with Crippen LogP contribution in [0.15, 0.2) is 24.3 Å². The van der Waals surface area contributed by atoms with Gasteiger partial charge in [-0.2, -0.15) is 0 Å². The number of esters is 1. The molecule has 0 N–H and O–H groups in total. The smallest absolute Gasteiger partial charge is 0.339 e. The zero-order chi connectivity index (χ0) is 11.4. The Labute approximate surface area is 88.5 Å². The number of nitrogens with zero attached hydrogens (tertiary/aromatic N) is 1. The molecule has 0 bridgehead atoms. The molecule has 0 aliphatic heterocycles. The normalized spacial score (nSPS) is 9.53. The average molecular weight is 207 g/mol. The molecule has 4 nitrogen and oxygen atoms in total. The van der Waals surface area contributed by atoms with Crippen LogP contribution in [-0.4, -0.2) is 26.0 Å². The van der Waals surface area contributed by atoms with Crippen LogP contribution in [0.2, 0.25) is 0 Å². The van der Waals surface area contributed by atoms with Gasteiger partial charge in [0.2, 0.25) is 5.91 Å². The van der Waals surface area contributed by atoms with Crippen LogP contribution in [0, 0.1) is 0 Å². The van der Waals surface area contributed by atoms with Crippen LogP contribution in [0.5, 0.6) is 0 Å². The van der Waals surface area contributed by atoms with Gasteiger partial charge in [0.1, 0.15) is 0 Å². The molecule has 0 aromatic heterocycles. The van der Waals surface area contributed by atoms with Crippen molar-refractivity contribution >= 4 is 17.6 Å². The van der Waals surface area contributed by atoms with Gasteiger partial charge in [0.25, 0.3) is 0 Å². The number of para-hydroxylation sites is 1. The molecule has 0 radical (unpaired) electrons. The van der Waals surface area contributed by atoms with Gasteiger partial charge in [-0.05, 0) is 12.1 Å². The number of benzene rings is 1. The van der Waals surface area contributed by atoms with Crippen LogP contribution in [0.25, 0.3) is 0 Å². The van der Waals surface area contributed by atoms with Gasteiger partial charge in [0.15, 0.2) is 0 Å². The maximum Gasteiger partial charge on any atom is 0.339 e. The molecule has 0 fully saturated rings. The van der Waals surface area contributed by atoms with Crippen LogP contribution in [0.3, 0.4) is 0 Å². The zero-order valence-corrected chi connectivity index (χ0v) is 8.98. The highest BCUT2D eigenvalue weighted by atomic mass is 16.5. The number of hydrogen-bond acceptors (Lipinski definition) is 3. The number of hydrogen-bond donors (Lipinski definition) is 0. The monoisotopic (exact) mass is 207 g/mol. The number of carbonyl (C=O) groups is 2. The van der Waals surface area contributed by atoms with Gasteiger partial charge in [0, 0.05) is 14.0 Å². The quantitative estimate of drug-likeness (QED) is 0.690. The van der Waals surface area contributed by atoms with E-state index < -0.39 is 5.97 Å². The maximum absolute atomic E-state index is 11.4. The Morgan fingerprint density at radius 1 is 1.27 bits per heavy atom. The third-order valence-electron chi connectivity index (χ3n) is 2.14. The molecule has 0 spiro atoms. The number of ether oxygens (including phenoxy) is 1. The van der Waals surface area contributed by atoms with Gasteiger partial charge in [-0.15, -0.1) is 0 Å². The molecular formula is C11H13NO3. The molecule has 0 heterocycles. The molecule has 4 heteroatoms. The van der Waals surface area contributed by atoms with Crippen molar-refractivity contribution in [3.63, 3.8) is 0 Å². The van der Waals surface area contributed by atoms with E-state index in [1.165, 1.54) is 18.9 Å². The van der Waals surface area contributed by atoms with E-state index in [1.807, 2.05) is 0 Å². The summed E-state index contributed by atoms with van der Waals surface area (Å²) in [5, 5.41) is 0. The van der Waals surface area contributed by atoms with Crippen LogP contribution < -0.4 is 4.90 Å². The Morgan fingerprint density at radius 2 is 1.87 bits per heavy atom. The van der Waals surface area contributed by atoms with Crippen molar-refractivity contribution in [1.82, 2.24) is 0 Å². The predicted molar refractivity (Wildman–Crippen MR) is 56.9 cm³/mol. The first-order valence-corrected chi connectivity index (χ1v) is 4.49. The molecule has 0 unspecified atom stereocenters. The summed E-state index contributed by atoms with van der Waals surface area (Å²) < 4.78 is 4.63. The fourth-order valence-electron chi connectivity index (χ4n) is 1.22. The molecule has 1 amide bonds. The lowest BCUT2D eigenvalue weighted by Crippen LogP contribution is -2.25. The largest absolute Gasteiger partial charge is 0.465 e. The van der Waals surface area contributed by atoms with Crippen LogP contribution >= 0.6 is 0 Å². The average Bonchev–Trinajstić information content (AvgIpc) is 2.27. The summed E-state index contributed by atoms with van der Waals surface area (Å²) in [4.78, 5) is 24.0. The van der Waals surface area contributed by atoms with Gasteiger partial charge in [0.05, 0.1) is 18.4 Å². The van der Waals surface area contributed by atoms with E-state index in [0.717, 1.165) is 0 Å². The number of carbonyl (C=O) groups excluding carboxylic acids is 2. The van der Waals surface area contributed by atoms with E-state index in [2.05, 4.69) is 4.74 Å². The van der Waals surface area contributed by atoms with Crippen molar-refractivity contribution in [3.8, 4) is 0 Å². The summed E-state index contributed by atoms with van der Waals surface area (Å²) in [6, 6.07) is 6.82. The zero-order valence-electron chi connectivity index (χ0n) is 8.98. The van der Waals surface area contributed by atoms with Crippen LogP contribution in [0.1, 0.15) is 17.3 Å². The molecule has 80 valence electrons. The minimum Gasteiger partial charge on any atom is -0.465 e. The summed E-state index contributed by atoms with van der Waals surface area (Å²) in [6.45, 7) is 1.44. The number of rotatable bonds is 2. The Balaban J connectivity index is 3.17. The second kappa shape index (κ2) is 4.59. The standard InChI is InChI=1S/C11H13NO3/c1-8(13)12(2)10-7-5-4-6-9(10)11(14)15-3/h4-7H,1-3H3. The van der Waals surface area contributed by atoms with E-state index in [1.54, 1.807) is 31.3 Å². The predicted octanol–water partition coefficient (Wildman–Crippen LogP) is 1.46. The number of anilines is 1. The van der Waals surface area contributed by atoms with Crippen molar-refractivity contribution < 1.29 is 14.3 Å². The lowest BCUT2D eigenvalue weighted by Gasteiger charge is -2.17. The highest BCUT2D eigenvalue weighted by molar-refractivity contribution is 6.01. The molecule has 0 aliphatic rings. The second-order valence-electron chi connectivity index (χ2n) is 3.09. The number of methoxy groups -OCH3 is 1. The van der Waals surface area contributed by atoms with Gasteiger partial charge in [-0.1, -0.05) is 12.1 Å². The molecule has 1 aromatic rings. The fourth-order valence-corrected chi connectivity index (χ4v) is 1.22. The topological polar surface area (TPSA) is 46.6 Å². The molecule has 0 saturated carbocycles. The highest BCUT2D eigenvalue weighted by Crippen LogP contribution is 2.19. The van der Waals surface area contributed by atoms with Gasteiger partial charge in [-0.3, -0.25) is 4.79 Å². The van der Waals surface area contributed by atoms with Gasteiger partial charge < -0.3 is 9.64 Å². The van der Waals surface area contributed by atoms with Crippen molar-refractivity contribution in [2.75, 3.05) is 19.1 Å². The summed E-state index contributed by atoms with van der Waals surface area (Å²) in [5.41, 5.74) is 0.939. The Kier molecular flexibility index (Phi) is 3.44. The summed E-state index contributed by atoms with van der Waals surface area (Å²) in [5.74, 6) is -0.579. The van der Waals surface area contributed by atoms with Crippen LogP contribution in [-0.2, 0) is 9.53 Å². The van der Waals surface area contributed by atoms with Crippen LogP contribution in [0.4, 0.5) is 5.69 Å². The molecule has 1 aromatic carbocycles. The molecule has 0 saturated heterocycles. The summed E-state index contributed by atoms with van der Waals surface area (Å²) >= 11 is 0. The first-order valence-electron chi connectivity index (χ1n) is 4.49. The Hall–Kier alpha value is -1.84. The first kappa shape index (κ1) is 11.2. The minimum absolute atomic E-state index is 0.133. The second-order valence-corrected chi connectivity index (χ2v) is 3.09. The van der Waals surface area contributed by atoms with Crippen molar-refractivity contribution in [1.29, 1.82) is 0 Å². The molecule has 15 heavy (non-hydrogen) atoms.